The molecule has 0 saturated heterocycles. The summed E-state index contributed by atoms with van der Waals surface area (Å²) in [4.78, 5) is 11.8. The van der Waals surface area contributed by atoms with E-state index in [0.717, 1.165) is 22.1 Å². The van der Waals surface area contributed by atoms with E-state index >= 15 is 0 Å². The first-order valence-corrected chi connectivity index (χ1v) is 6.65. The lowest BCUT2D eigenvalue weighted by Gasteiger charge is -2.21. The molecule has 2 aromatic carbocycles. The van der Waals surface area contributed by atoms with Crippen molar-refractivity contribution in [3.05, 3.63) is 42.0 Å². The van der Waals surface area contributed by atoms with Crippen molar-refractivity contribution < 1.29 is 9.53 Å². The van der Waals surface area contributed by atoms with Crippen molar-refractivity contribution in [2.45, 2.75) is 25.9 Å². The summed E-state index contributed by atoms with van der Waals surface area (Å²) in [5.74, 6) is 0.408. The van der Waals surface area contributed by atoms with E-state index in [2.05, 4.69) is 5.32 Å². The van der Waals surface area contributed by atoms with Crippen molar-refractivity contribution in [3.8, 4) is 5.75 Å². The van der Waals surface area contributed by atoms with Crippen LogP contribution in [0.25, 0.3) is 10.8 Å². The first-order valence-electron chi connectivity index (χ1n) is 6.65. The van der Waals surface area contributed by atoms with Gasteiger partial charge in [0, 0.05) is 11.4 Å². The standard InChI is InChI=1S/C16H20N2O2/c1-10(2)18-15(16(17)19)13-8-9-14(20-3)12-7-5-4-6-11(12)13/h4-10,15,18H,1-3H3,(H2,17,19). The summed E-state index contributed by atoms with van der Waals surface area (Å²) in [7, 11) is 1.64. The third-order valence-corrected chi connectivity index (χ3v) is 3.23. The van der Waals surface area contributed by atoms with E-state index in [1.165, 1.54) is 0 Å². The maximum atomic E-state index is 11.8. The molecular weight excluding hydrogens is 252 g/mol. The Morgan fingerprint density at radius 3 is 2.35 bits per heavy atom. The SMILES string of the molecule is COc1ccc(C(NC(C)C)C(N)=O)c2ccccc12. The van der Waals surface area contributed by atoms with Crippen molar-refractivity contribution in [3.63, 3.8) is 0 Å². The molecule has 3 N–H and O–H groups in total. The number of carbonyl (C=O) groups excluding carboxylic acids is 1. The zero-order valence-electron chi connectivity index (χ0n) is 12.0. The third-order valence-electron chi connectivity index (χ3n) is 3.23. The lowest BCUT2D eigenvalue weighted by atomic mass is 9.97. The molecule has 4 nitrogen and oxygen atoms in total. The van der Waals surface area contributed by atoms with Gasteiger partial charge in [0.15, 0.2) is 0 Å². The number of carbonyl (C=O) groups is 1. The highest BCUT2D eigenvalue weighted by atomic mass is 16.5. The first kappa shape index (κ1) is 14.3. The molecule has 0 aliphatic rings. The lowest BCUT2D eigenvalue weighted by Crippen LogP contribution is -2.37. The van der Waals surface area contributed by atoms with Gasteiger partial charge in [0.1, 0.15) is 11.8 Å². The van der Waals surface area contributed by atoms with Crippen LogP contribution < -0.4 is 15.8 Å². The topological polar surface area (TPSA) is 64.3 Å². The predicted molar refractivity (Wildman–Crippen MR) is 80.7 cm³/mol. The van der Waals surface area contributed by atoms with E-state index < -0.39 is 6.04 Å². The molecule has 1 amide bonds. The fourth-order valence-electron chi connectivity index (χ4n) is 2.38. The highest BCUT2D eigenvalue weighted by Crippen LogP contribution is 2.31. The van der Waals surface area contributed by atoms with Gasteiger partial charge >= 0.3 is 0 Å². The van der Waals surface area contributed by atoms with Gasteiger partial charge in [-0.05, 0) is 30.9 Å². The minimum Gasteiger partial charge on any atom is -0.496 e. The Bertz CT molecular complexity index is 623. The summed E-state index contributed by atoms with van der Waals surface area (Å²) in [5.41, 5.74) is 6.42. The summed E-state index contributed by atoms with van der Waals surface area (Å²) >= 11 is 0. The van der Waals surface area contributed by atoms with E-state index in [1.807, 2.05) is 50.2 Å². The molecule has 0 aliphatic heterocycles. The van der Waals surface area contributed by atoms with Gasteiger partial charge in [-0.25, -0.2) is 0 Å². The Labute approximate surface area is 118 Å². The van der Waals surface area contributed by atoms with Crippen molar-refractivity contribution >= 4 is 16.7 Å². The smallest absolute Gasteiger partial charge is 0.239 e. The highest BCUT2D eigenvalue weighted by Gasteiger charge is 2.21. The first-order chi connectivity index (χ1) is 9.54. The largest absolute Gasteiger partial charge is 0.496 e. The number of nitrogens with two attached hydrogens (primary N) is 1. The molecule has 106 valence electrons. The molecule has 4 heteroatoms. The molecule has 0 bridgehead atoms. The zero-order valence-corrected chi connectivity index (χ0v) is 12.0. The number of rotatable bonds is 5. The number of fused-ring (bicyclic) bond motifs is 1. The maximum absolute atomic E-state index is 11.8. The Balaban J connectivity index is 2.61. The molecule has 0 radical (unpaired) electrons. The van der Waals surface area contributed by atoms with Gasteiger partial charge in [-0.15, -0.1) is 0 Å². The molecule has 1 unspecified atom stereocenters. The van der Waals surface area contributed by atoms with Crippen LogP contribution in [0.3, 0.4) is 0 Å². The Kier molecular flexibility index (Phi) is 4.25. The second-order valence-corrected chi connectivity index (χ2v) is 5.06. The van der Waals surface area contributed by atoms with Crippen molar-refractivity contribution in [1.29, 1.82) is 0 Å². The van der Waals surface area contributed by atoms with E-state index in [1.54, 1.807) is 7.11 Å². The Morgan fingerprint density at radius 2 is 1.80 bits per heavy atom. The molecule has 2 rings (SSSR count). The summed E-state index contributed by atoms with van der Waals surface area (Å²) < 4.78 is 5.37. The van der Waals surface area contributed by atoms with Crippen LogP contribution in [-0.2, 0) is 4.79 Å². The van der Waals surface area contributed by atoms with Crippen molar-refractivity contribution in [2.24, 2.45) is 5.73 Å². The Hall–Kier alpha value is -2.07. The van der Waals surface area contributed by atoms with Crippen LogP contribution in [-0.4, -0.2) is 19.1 Å². The highest BCUT2D eigenvalue weighted by molar-refractivity contribution is 5.95. The van der Waals surface area contributed by atoms with Crippen LogP contribution in [0, 0.1) is 0 Å². The quantitative estimate of drug-likeness (QED) is 0.878. The number of amides is 1. The normalized spacial score (nSPS) is 12.6. The summed E-state index contributed by atoms with van der Waals surface area (Å²) in [6.45, 7) is 3.98. The average molecular weight is 272 g/mol. The molecule has 2 aromatic rings. The zero-order chi connectivity index (χ0) is 14.7. The molecule has 0 aliphatic carbocycles. The minimum atomic E-state index is -0.509. The van der Waals surface area contributed by atoms with Crippen LogP contribution in [0.15, 0.2) is 36.4 Å². The van der Waals surface area contributed by atoms with E-state index in [9.17, 15) is 4.79 Å². The van der Waals surface area contributed by atoms with E-state index in [-0.39, 0.29) is 11.9 Å². The van der Waals surface area contributed by atoms with Gasteiger partial charge in [-0.3, -0.25) is 10.1 Å². The number of methoxy groups -OCH3 is 1. The van der Waals surface area contributed by atoms with Gasteiger partial charge < -0.3 is 10.5 Å². The summed E-state index contributed by atoms with van der Waals surface area (Å²) in [5, 5.41) is 5.16. The predicted octanol–water partition coefficient (Wildman–Crippen LogP) is 2.37. The molecule has 0 heterocycles. The van der Waals surface area contributed by atoms with Gasteiger partial charge in [-0.1, -0.05) is 30.3 Å². The average Bonchev–Trinajstić information content (AvgIpc) is 2.43. The molecule has 0 fully saturated rings. The van der Waals surface area contributed by atoms with Crippen molar-refractivity contribution in [2.75, 3.05) is 7.11 Å². The molecule has 20 heavy (non-hydrogen) atoms. The molecule has 0 aromatic heterocycles. The number of benzene rings is 2. The van der Waals surface area contributed by atoms with Crippen LogP contribution in [0.5, 0.6) is 5.75 Å². The number of hydrogen-bond acceptors (Lipinski definition) is 3. The fraction of sp³-hybridized carbons (Fsp3) is 0.312. The number of primary amides is 1. The monoisotopic (exact) mass is 272 g/mol. The van der Waals surface area contributed by atoms with Gasteiger partial charge in [-0.2, -0.15) is 0 Å². The van der Waals surface area contributed by atoms with Crippen molar-refractivity contribution in [1.82, 2.24) is 5.32 Å². The number of nitrogens with one attached hydrogen (secondary N) is 1. The van der Waals surface area contributed by atoms with Gasteiger partial charge in [0.05, 0.1) is 7.11 Å². The molecule has 1 atom stereocenters. The Morgan fingerprint density at radius 1 is 1.15 bits per heavy atom. The maximum Gasteiger partial charge on any atom is 0.239 e. The third kappa shape index (κ3) is 2.75. The van der Waals surface area contributed by atoms with Gasteiger partial charge in [0.2, 0.25) is 5.91 Å². The van der Waals surface area contributed by atoms with Crippen LogP contribution in [0.1, 0.15) is 25.5 Å². The lowest BCUT2D eigenvalue weighted by molar-refractivity contribution is -0.120. The summed E-state index contributed by atoms with van der Waals surface area (Å²) in [6.07, 6.45) is 0. The molecular formula is C16H20N2O2. The molecule has 0 spiro atoms. The number of ether oxygens (including phenoxy) is 1. The van der Waals surface area contributed by atoms with Gasteiger partial charge in [0.25, 0.3) is 0 Å². The van der Waals surface area contributed by atoms with Crippen LogP contribution in [0.2, 0.25) is 0 Å². The van der Waals surface area contributed by atoms with E-state index in [4.69, 9.17) is 10.5 Å². The fourth-order valence-corrected chi connectivity index (χ4v) is 2.38. The van der Waals surface area contributed by atoms with E-state index in [0.29, 0.717) is 0 Å². The number of hydrogen-bond donors (Lipinski definition) is 2. The minimum absolute atomic E-state index is 0.161. The van der Waals surface area contributed by atoms with Crippen LogP contribution in [0.4, 0.5) is 0 Å². The summed E-state index contributed by atoms with van der Waals surface area (Å²) in [6, 6.07) is 11.3. The second kappa shape index (κ2) is 5.92. The molecule has 0 saturated carbocycles. The van der Waals surface area contributed by atoms with Crippen LogP contribution >= 0.6 is 0 Å². The second-order valence-electron chi connectivity index (χ2n) is 5.06.